The molecule has 0 saturated carbocycles. The molecule has 2 aliphatic rings. The van der Waals surface area contributed by atoms with Crippen molar-refractivity contribution in [1.82, 2.24) is 5.32 Å². The predicted octanol–water partition coefficient (Wildman–Crippen LogP) is 2.25. The van der Waals surface area contributed by atoms with Gasteiger partial charge in [0, 0.05) is 36.4 Å². The maximum absolute atomic E-state index is 13.8. The van der Waals surface area contributed by atoms with Crippen LogP contribution in [0.15, 0.2) is 36.4 Å². The Hall–Kier alpha value is -3.08. The molecule has 10 heteroatoms. The smallest absolute Gasteiger partial charge is 0.250 e. The molecule has 1 saturated heterocycles. The van der Waals surface area contributed by atoms with Gasteiger partial charge >= 0.3 is 0 Å². The normalized spacial score (nSPS) is 22.9. The minimum Gasteiger partial charge on any atom is -0.487 e. The van der Waals surface area contributed by atoms with Crippen molar-refractivity contribution in [2.24, 2.45) is 0 Å². The molecule has 1 fully saturated rings. The molecule has 0 spiro atoms. The van der Waals surface area contributed by atoms with Crippen molar-refractivity contribution in [3.8, 4) is 5.75 Å². The summed E-state index contributed by atoms with van der Waals surface area (Å²) in [6, 6.07) is 8.34. The highest BCUT2D eigenvalue weighted by Gasteiger charge is 2.46. The van der Waals surface area contributed by atoms with Gasteiger partial charge in [-0.25, -0.2) is 8.78 Å². The molecule has 34 heavy (non-hydrogen) atoms. The number of ether oxygens (including phenoxy) is 3. The molecule has 4 rings (SSSR count). The van der Waals surface area contributed by atoms with E-state index in [4.69, 9.17) is 14.2 Å². The first-order chi connectivity index (χ1) is 16.4. The number of aliphatic hydroxyl groups excluding tert-OH is 1. The number of carbonyl (C=O) groups is 2. The third kappa shape index (κ3) is 5.35. The first-order valence-corrected chi connectivity index (χ1v) is 10.9. The van der Waals surface area contributed by atoms with Crippen LogP contribution in [0, 0.1) is 11.6 Å². The Morgan fingerprint density at radius 2 is 2.00 bits per heavy atom. The number of halogens is 2. The molecule has 0 aliphatic carbocycles. The fourth-order valence-corrected chi connectivity index (χ4v) is 4.45. The van der Waals surface area contributed by atoms with Gasteiger partial charge in [-0.1, -0.05) is 0 Å². The highest BCUT2D eigenvalue weighted by molar-refractivity contribution is 5.92. The van der Waals surface area contributed by atoms with E-state index in [1.54, 1.807) is 12.1 Å². The maximum atomic E-state index is 13.8. The molecule has 0 radical (unpaired) electrons. The lowest BCUT2D eigenvalue weighted by atomic mass is 9.84. The second kappa shape index (κ2) is 10.5. The number of fused-ring (bicyclic) bond motifs is 3. The van der Waals surface area contributed by atoms with Crippen LogP contribution in [0.1, 0.15) is 29.9 Å². The zero-order valence-corrected chi connectivity index (χ0v) is 18.6. The number of amides is 2. The summed E-state index contributed by atoms with van der Waals surface area (Å²) in [7, 11) is 1.43. The second-order valence-electron chi connectivity index (χ2n) is 8.35. The zero-order chi connectivity index (χ0) is 24.2. The van der Waals surface area contributed by atoms with Crippen LogP contribution in [-0.4, -0.2) is 55.6 Å². The quantitative estimate of drug-likeness (QED) is 0.540. The number of benzene rings is 2. The molecule has 3 N–H and O–H groups in total. The Morgan fingerprint density at radius 1 is 1.18 bits per heavy atom. The molecule has 8 nitrogen and oxygen atoms in total. The lowest BCUT2D eigenvalue weighted by Crippen LogP contribution is -2.47. The van der Waals surface area contributed by atoms with E-state index < -0.39 is 29.9 Å². The number of aliphatic hydroxyl groups is 1. The molecule has 2 aromatic rings. The molecule has 2 heterocycles. The molecule has 4 atom stereocenters. The molecular formula is C24H26F2N2O6. The first kappa shape index (κ1) is 24.1. The SMILES string of the molecule is COCC(=O)Nc1ccc2c(c1)[C@@H]1C[C@@H](CC(=O)NCc3cc(F)ccc3F)O[C@H](CO)[C@@H]1O2. The topological polar surface area (TPSA) is 106 Å². The molecular weight excluding hydrogens is 450 g/mol. The summed E-state index contributed by atoms with van der Waals surface area (Å²) in [5, 5.41) is 15.2. The van der Waals surface area contributed by atoms with Crippen molar-refractivity contribution >= 4 is 17.5 Å². The number of nitrogens with one attached hydrogen (secondary N) is 2. The number of hydrogen-bond donors (Lipinski definition) is 3. The third-order valence-corrected chi connectivity index (χ3v) is 5.96. The van der Waals surface area contributed by atoms with E-state index in [1.165, 1.54) is 7.11 Å². The number of methoxy groups -OCH3 is 1. The Morgan fingerprint density at radius 3 is 2.76 bits per heavy atom. The molecule has 0 unspecified atom stereocenters. The van der Waals surface area contributed by atoms with Crippen LogP contribution in [0.2, 0.25) is 0 Å². The van der Waals surface area contributed by atoms with Crippen LogP contribution >= 0.6 is 0 Å². The van der Waals surface area contributed by atoms with Gasteiger partial charge in [0.25, 0.3) is 0 Å². The van der Waals surface area contributed by atoms with Crippen molar-refractivity contribution in [2.75, 3.05) is 25.6 Å². The molecule has 0 aromatic heterocycles. The minimum absolute atomic E-state index is 0.0176. The van der Waals surface area contributed by atoms with Gasteiger partial charge in [-0.15, -0.1) is 0 Å². The Bertz CT molecular complexity index is 1070. The summed E-state index contributed by atoms with van der Waals surface area (Å²) in [4.78, 5) is 24.4. The molecule has 2 aliphatic heterocycles. The summed E-state index contributed by atoms with van der Waals surface area (Å²) in [6.45, 7) is -0.517. The largest absolute Gasteiger partial charge is 0.487 e. The fourth-order valence-electron chi connectivity index (χ4n) is 4.45. The van der Waals surface area contributed by atoms with Gasteiger partial charge in [0.15, 0.2) is 0 Å². The van der Waals surface area contributed by atoms with Gasteiger partial charge in [-0.3, -0.25) is 9.59 Å². The van der Waals surface area contributed by atoms with Gasteiger partial charge in [-0.05, 0) is 42.8 Å². The van der Waals surface area contributed by atoms with E-state index in [9.17, 15) is 23.5 Å². The molecule has 2 amide bonds. The average Bonchev–Trinajstić information content (AvgIpc) is 3.17. The predicted molar refractivity (Wildman–Crippen MR) is 117 cm³/mol. The van der Waals surface area contributed by atoms with E-state index >= 15 is 0 Å². The van der Waals surface area contributed by atoms with E-state index in [0.717, 1.165) is 23.8 Å². The van der Waals surface area contributed by atoms with Gasteiger partial charge in [0.05, 0.1) is 19.1 Å². The Balaban J connectivity index is 1.42. The van der Waals surface area contributed by atoms with Crippen molar-refractivity contribution in [3.05, 3.63) is 59.2 Å². The summed E-state index contributed by atoms with van der Waals surface area (Å²) in [6.07, 6.45) is -1.15. The van der Waals surface area contributed by atoms with E-state index in [0.29, 0.717) is 17.9 Å². The average molecular weight is 476 g/mol. The summed E-state index contributed by atoms with van der Waals surface area (Å²) in [5.41, 5.74) is 1.49. The maximum Gasteiger partial charge on any atom is 0.250 e. The first-order valence-electron chi connectivity index (χ1n) is 10.9. The van der Waals surface area contributed by atoms with Crippen LogP contribution in [0.3, 0.4) is 0 Å². The van der Waals surface area contributed by atoms with Crippen LogP contribution in [0.4, 0.5) is 14.5 Å². The van der Waals surface area contributed by atoms with E-state index in [-0.39, 0.29) is 49.5 Å². The summed E-state index contributed by atoms with van der Waals surface area (Å²) < 4.78 is 43.9. The van der Waals surface area contributed by atoms with Gasteiger partial charge < -0.3 is 30.0 Å². The number of rotatable bonds is 8. The van der Waals surface area contributed by atoms with Crippen molar-refractivity contribution < 1.29 is 37.7 Å². The van der Waals surface area contributed by atoms with Crippen LogP contribution in [0.5, 0.6) is 5.75 Å². The molecule has 0 bridgehead atoms. The van der Waals surface area contributed by atoms with Crippen molar-refractivity contribution in [2.45, 2.75) is 43.6 Å². The minimum atomic E-state index is -0.642. The number of carbonyl (C=O) groups excluding carboxylic acids is 2. The van der Waals surface area contributed by atoms with Crippen molar-refractivity contribution in [3.63, 3.8) is 0 Å². The standard InChI is InChI=1S/C24H26F2N2O6/c1-32-12-23(31)28-15-3-5-20-17(7-15)18-8-16(33-21(11-29)24(18)34-20)9-22(30)27-10-13-6-14(25)2-4-19(13)26/h2-7,16,18,21,24,29H,8-12H2,1H3,(H,27,30)(H,28,31)/t16-,18-,21+,24+/m0/s1. The molecule has 182 valence electrons. The van der Waals surface area contributed by atoms with Gasteiger partial charge in [0.1, 0.15) is 36.2 Å². The Labute approximate surface area is 195 Å². The monoisotopic (exact) mass is 476 g/mol. The highest BCUT2D eigenvalue weighted by atomic mass is 19.1. The zero-order valence-electron chi connectivity index (χ0n) is 18.6. The molecule has 2 aromatic carbocycles. The Kier molecular flexibility index (Phi) is 7.40. The lowest BCUT2D eigenvalue weighted by molar-refractivity contribution is -0.142. The van der Waals surface area contributed by atoms with Gasteiger partial charge in [-0.2, -0.15) is 0 Å². The van der Waals surface area contributed by atoms with E-state index in [1.807, 2.05) is 6.07 Å². The number of anilines is 1. The number of hydrogen-bond acceptors (Lipinski definition) is 6. The summed E-state index contributed by atoms with van der Waals surface area (Å²) >= 11 is 0. The lowest BCUT2D eigenvalue weighted by Gasteiger charge is -2.37. The fraction of sp³-hybridized carbons (Fsp3) is 0.417. The third-order valence-electron chi connectivity index (χ3n) is 5.96. The van der Waals surface area contributed by atoms with Crippen molar-refractivity contribution in [1.29, 1.82) is 0 Å². The van der Waals surface area contributed by atoms with Crippen LogP contribution in [0.25, 0.3) is 0 Å². The second-order valence-corrected chi connectivity index (χ2v) is 8.35. The van der Waals surface area contributed by atoms with Crippen LogP contribution < -0.4 is 15.4 Å². The highest BCUT2D eigenvalue weighted by Crippen LogP contribution is 2.47. The van der Waals surface area contributed by atoms with E-state index in [2.05, 4.69) is 10.6 Å². The van der Waals surface area contributed by atoms with Gasteiger partial charge in [0.2, 0.25) is 11.8 Å². The summed E-state index contributed by atoms with van der Waals surface area (Å²) in [5.74, 6) is -1.39. The van der Waals surface area contributed by atoms with Crippen LogP contribution in [-0.2, 0) is 25.6 Å².